The maximum Gasteiger partial charge on any atom is 0.305 e. The number of aliphatic imine (C=N–C) groups is 1. The lowest BCUT2D eigenvalue weighted by Gasteiger charge is -2.19. The summed E-state index contributed by atoms with van der Waals surface area (Å²) in [7, 11) is -4.03. The van der Waals surface area contributed by atoms with Crippen LogP contribution in [0.15, 0.2) is 113 Å². The summed E-state index contributed by atoms with van der Waals surface area (Å²) in [4.78, 5) is 28.4. The van der Waals surface area contributed by atoms with Gasteiger partial charge in [0.2, 0.25) is 0 Å². The Morgan fingerprint density at radius 3 is 2.17 bits per heavy atom. The van der Waals surface area contributed by atoms with Crippen LogP contribution in [-0.4, -0.2) is 31.4 Å². The van der Waals surface area contributed by atoms with Crippen molar-refractivity contribution in [1.82, 2.24) is 5.32 Å². The molecule has 0 bridgehead atoms. The highest BCUT2D eigenvalue weighted by Gasteiger charge is 2.21. The first-order valence-corrected chi connectivity index (χ1v) is 13.6. The molecule has 1 atom stereocenters. The Labute approximate surface area is 231 Å². The first-order valence-electron chi connectivity index (χ1n) is 12.1. The standard InChI is InChI=1S/C29H27N5O5S/c30-29(31)32-23-9-5-11-25(17-23)40(38,39)34-24-10-4-8-22(16-24)26(18-27(35)36)33-28(37)21-14-12-20(13-15-21)19-6-2-1-3-7-19/h1-17,26,34H,18H2,(H,33,37)(H,35,36)(H4,30,31,32). The van der Waals surface area contributed by atoms with Crippen LogP contribution in [0.5, 0.6) is 0 Å². The second kappa shape index (κ2) is 12.1. The maximum atomic E-state index is 13.0. The number of rotatable bonds is 10. The molecule has 0 saturated carbocycles. The number of guanidine groups is 1. The Morgan fingerprint density at radius 1 is 0.825 bits per heavy atom. The SMILES string of the molecule is NC(N)=Nc1cccc(S(=O)(=O)Nc2cccc(C(CC(=O)O)NC(=O)c3ccc(-c4ccccc4)cc3)c2)c1. The number of aliphatic carboxylic acids is 1. The van der Waals surface area contributed by atoms with E-state index in [4.69, 9.17) is 11.5 Å². The van der Waals surface area contributed by atoms with Crippen LogP contribution in [0, 0.1) is 0 Å². The molecule has 204 valence electrons. The number of nitrogens with two attached hydrogens (primary N) is 2. The van der Waals surface area contributed by atoms with Crippen molar-refractivity contribution in [2.24, 2.45) is 16.5 Å². The molecule has 0 aliphatic carbocycles. The molecule has 11 heteroatoms. The van der Waals surface area contributed by atoms with Gasteiger partial charge in [0.05, 0.1) is 23.0 Å². The summed E-state index contributed by atoms with van der Waals surface area (Å²) in [6.45, 7) is 0. The number of nitrogens with one attached hydrogen (secondary N) is 2. The van der Waals surface area contributed by atoms with Crippen LogP contribution in [0.1, 0.15) is 28.4 Å². The third-order valence-electron chi connectivity index (χ3n) is 5.87. The van der Waals surface area contributed by atoms with E-state index in [0.717, 1.165) is 11.1 Å². The number of carbonyl (C=O) groups is 2. The van der Waals surface area contributed by atoms with E-state index in [-0.39, 0.29) is 22.2 Å². The van der Waals surface area contributed by atoms with Gasteiger partial charge in [0, 0.05) is 11.3 Å². The highest BCUT2D eigenvalue weighted by Crippen LogP contribution is 2.25. The van der Waals surface area contributed by atoms with Crippen molar-refractivity contribution in [3.8, 4) is 11.1 Å². The van der Waals surface area contributed by atoms with Gasteiger partial charge >= 0.3 is 5.97 Å². The number of benzene rings is 4. The fraction of sp³-hybridized carbons (Fsp3) is 0.0690. The van der Waals surface area contributed by atoms with Crippen LogP contribution in [-0.2, 0) is 14.8 Å². The summed E-state index contributed by atoms with van der Waals surface area (Å²) < 4.78 is 28.5. The average Bonchev–Trinajstić information content (AvgIpc) is 2.93. The molecule has 4 rings (SSSR count). The minimum absolute atomic E-state index is 0.0743. The molecule has 0 spiro atoms. The van der Waals surface area contributed by atoms with Gasteiger partial charge in [-0.25, -0.2) is 13.4 Å². The van der Waals surface area contributed by atoms with Crippen LogP contribution >= 0.6 is 0 Å². The number of nitrogens with zero attached hydrogens (tertiary/aromatic N) is 1. The zero-order valence-corrected chi connectivity index (χ0v) is 22.0. The molecule has 0 aliphatic heterocycles. The number of carboxylic acids is 1. The van der Waals surface area contributed by atoms with Crippen molar-refractivity contribution in [3.05, 3.63) is 114 Å². The molecular formula is C29H27N5O5S. The second-order valence-corrected chi connectivity index (χ2v) is 10.5. The molecule has 1 amide bonds. The quantitative estimate of drug-likeness (QED) is 0.144. The third kappa shape index (κ3) is 7.23. The minimum Gasteiger partial charge on any atom is -0.481 e. The molecule has 40 heavy (non-hydrogen) atoms. The van der Waals surface area contributed by atoms with Gasteiger partial charge in [-0.05, 0) is 59.2 Å². The Hall–Kier alpha value is -5.16. The van der Waals surface area contributed by atoms with Crippen molar-refractivity contribution < 1.29 is 23.1 Å². The smallest absolute Gasteiger partial charge is 0.305 e. The Kier molecular flexibility index (Phi) is 8.45. The van der Waals surface area contributed by atoms with Crippen molar-refractivity contribution >= 4 is 39.2 Å². The van der Waals surface area contributed by atoms with Gasteiger partial charge < -0.3 is 21.9 Å². The topological polar surface area (TPSA) is 177 Å². The number of carboxylic acid groups (broad SMARTS) is 1. The highest BCUT2D eigenvalue weighted by molar-refractivity contribution is 7.92. The summed E-state index contributed by atoms with van der Waals surface area (Å²) >= 11 is 0. The van der Waals surface area contributed by atoms with Gasteiger partial charge in [-0.3, -0.25) is 14.3 Å². The number of hydrogen-bond donors (Lipinski definition) is 5. The van der Waals surface area contributed by atoms with Crippen LogP contribution in [0.4, 0.5) is 11.4 Å². The first kappa shape index (κ1) is 27.9. The number of carbonyl (C=O) groups excluding carboxylic acids is 1. The summed E-state index contributed by atoms with van der Waals surface area (Å²) in [5.41, 5.74) is 13.9. The van der Waals surface area contributed by atoms with E-state index in [9.17, 15) is 23.1 Å². The Bertz CT molecular complexity index is 1650. The molecule has 0 aromatic heterocycles. The maximum absolute atomic E-state index is 13.0. The van der Waals surface area contributed by atoms with Crippen LogP contribution in [0.2, 0.25) is 0 Å². The summed E-state index contributed by atoms with van der Waals surface area (Å²) in [6, 6.07) is 27.6. The minimum atomic E-state index is -4.03. The zero-order chi connectivity index (χ0) is 28.7. The number of anilines is 1. The molecule has 0 radical (unpaired) electrons. The second-order valence-electron chi connectivity index (χ2n) is 8.83. The van der Waals surface area contributed by atoms with Gasteiger partial charge in [-0.1, -0.05) is 60.7 Å². The summed E-state index contributed by atoms with van der Waals surface area (Å²) in [5.74, 6) is -1.81. The predicted octanol–water partition coefficient (Wildman–Crippen LogP) is 4.01. The number of sulfonamides is 1. The Morgan fingerprint density at radius 2 is 1.50 bits per heavy atom. The van der Waals surface area contributed by atoms with Gasteiger partial charge in [0.15, 0.2) is 5.96 Å². The summed E-state index contributed by atoms with van der Waals surface area (Å²) in [5, 5.41) is 12.2. The van der Waals surface area contributed by atoms with Crippen molar-refractivity contribution in [1.29, 1.82) is 0 Å². The molecule has 10 nitrogen and oxygen atoms in total. The van der Waals surface area contributed by atoms with Crippen LogP contribution in [0.3, 0.4) is 0 Å². The molecule has 7 N–H and O–H groups in total. The fourth-order valence-electron chi connectivity index (χ4n) is 4.02. The van der Waals surface area contributed by atoms with E-state index in [1.807, 2.05) is 42.5 Å². The van der Waals surface area contributed by atoms with E-state index >= 15 is 0 Å². The molecule has 4 aromatic carbocycles. The van der Waals surface area contributed by atoms with E-state index in [2.05, 4.69) is 15.0 Å². The van der Waals surface area contributed by atoms with Crippen LogP contribution in [0.25, 0.3) is 11.1 Å². The van der Waals surface area contributed by atoms with Gasteiger partial charge in [0.1, 0.15) is 0 Å². The van der Waals surface area contributed by atoms with E-state index in [1.54, 1.807) is 30.3 Å². The highest BCUT2D eigenvalue weighted by atomic mass is 32.2. The number of hydrogen-bond acceptors (Lipinski definition) is 5. The lowest BCUT2D eigenvalue weighted by atomic mass is 10.0. The van der Waals surface area contributed by atoms with E-state index in [0.29, 0.717) is 11.1 Å². The Balaban J connectivity index is 1.54. The largest absolute Gasteiger partial charge is 0.481 e. The molecule has 0 fully saturated rings. The molecular weight excluding hydrogens is 530 g/mol. The van der Waals surface area contributed by atoms with E-state index in [1.165, 1.54) is 30.3 Å². The van der Waals surface area contributed by atoms with Crippen LogP contribution < -0.4 is 21.5 Å². The molecule has 1 unspecified atom stereocenters. The summed E-state index contributed by atoms with van der Waals surface area (Å²) in [6.07, 6.45) is -0.412. The van der Waals surface area contributed by atoms with E-state index < -0.39 is 34.4 Å². The normalized spacial score (nSPS) is 11.7. The van der Waals surface area contributed by atoms with Crippen molar-refractivity contribution in [2.45, 2.75) is 17.4 Å². The van der Waals surface area contributed by atoms with Crippen molar-refractivity contribution in [2.75, 3.05) is 4.72 Å². The lowest BCUT2D eigenvalue weighted by molar-refractivity contribution is -0.137. The average molecular weight is 558 g/mol. The molecule has 4 aromatic rings. The monoisotopic (exact) mass is 557 g/mol. The van der Waals surface area contributed by atoms with Gasteiger partial charge in [-0.2, -0.15) is 0 Å². The van der Waals surface area contributed by atoms with Gasteiger partial charge in [0.25, 0.3) is 15.9 Å². The number of amides is 1. The zero-order valence-electron chi connectivity index (χ0n) is 21.2. The molecule has 0 heterocycles. The molecule has 0 aliphatic rings. The lowest BCUT2D eigenvalue weighted by Crippen LogP contribution is -2.30. The van der Waals surface area contributed by atoms with Crippen molar-refractivity contribution in [3.63, 3.8) is 0 Å². The fourth-order valence-corrected chi connectivity index (χ4v) is 5.10. The van der Waals surface area contributed by atoms with Gasteiger partial charge in [-0.15, -0.1) is 0 Å². The third-order valence-corrected chi connectivity index (χ3v) is 7.24. The first-order chi connectivity index (χ1) is 19.1. The predicted molar refractivity (Wildman–Crippen MR) is 154 cm³/mol. The molecule has 0 saturated heterocycles.